The molecular weight excluding hydrogens is 236 g/mol. The molecule has 1 aliphatic rings. The third kappa shape index (κ3) is 2.49. The van der Waals surface area contributed by atoms with Crippen LogP contribution in [0.25, 0.3) is 5.69 Å². The van der Waals surface area contributed by atoms with E-state index in [0.29, 0.717) is 0 Å². The first-order valence-electron chi connectivity index (χ1n) is 6.86. The Labute approximate surface area is 113 Å². The number of aryl methyl sites for hydroxylation is 1. The van der Waals surface area contributed by atoms with Crippen LogP contribution in [-0.4, -0.2) is 28.7 Å². The van der Waals surface area contributed by atoms with Gasteiger partial charge in [0.2, 0.25) is 5.95 Å². The molecule has 3 rings (SSSR count). The van der Waals surface area contributed by atoms with Crippen molar-refractivity contribution >= 4 is 5.95 Å². The van der Waals surface area contributed by atoms with E-state index in [2.05, 4.69) is 44.9 Å². The fraction of sp³-hybridized carbons (Fsp3) is 0.400. The quantitative estimate of drug-likeness (QED) is 0.895. The average molecular weight is 256 g/mol. The molecule has 2 heterocycles. The number of hydrogen-bond acceptors (Lipinski definition) is 3. The van der Waals surface area contributed by atoms with Crippen LogP contribution in [0.1, 0.15) is 18.5 Å². The molecule has 1 unspecified atom stereocenters. The summed E-state index contributed by atoms with van der Waals surface area (Å²) < 4.78 is 2.16. The van der Waals surface area contributed by atoms with Crippen LogP contribution < -0.4 is 10.6 Å². The Morgan fingerprint density at radius 2 is 2.05 bits per heavy atom. The summed E-state index contributed by atoms with van der Waals surface area (Å²) in [6, 6.07) is 10.6. The molecule has 19 heavy (non-hydrogen) atoms. The van der Waals surface area contributed by atoms with Crippen molar-refractivity contribution in [3.05, 3.63) is 42.2 Å². The maximum absolute atomic E-state index is 6.08. The van der Waals surface area contributed by atoms with Crippen molar-refractivity contribution in [2.75, 3.05) is 18.0 Å². The van der Waals surface area contributed by atoms with Gasteiger partial charge in [-0.25, -0.2) is 4.98 Å². The van der Waals surface area contributed by atoms with E-state index in [9.17, 15) is 0 Å². The lowest BCUT2D eigenvalue weighted by Gasteiger charge is -2.31. The number of anilines is 1. The van der Waals surface area contributed by atoms with Crippen LogP contribution in [0.4, 0.5) is 5.95 Å². The van der Waals surface area contributed by atoms with Crippen LogP contribution in [0.5, 0.6) is 0 Å². The molecule has 1 saturated heterocycles. The molecule has 2 aromatic rings. The minimum Gasteiger partial charge on any atom is -0.340 e. The number of hydrogen-bond donors (Lipinski definition) is 1. The average Bonchev–Trinajstić information content (AvgIpc) is 2.82. The molecule has 0 amide bonds. The highest BCUT2D eigenvalue weighted by Gasteiger charge is 2.21. The van der Waals surface area contributed by atoms with E-state index in [1.807, 2.05) is 13.0 Å². The lowest BCUT2D eigenvalue weighted by Crippen LogP contribution is -2.43. The second-order valence-electron chi connectivity index (χ2n) is 5.24. The molecule has 2 N–H and O–H groups in total. The van der Waals surface area contributed by atoms with Gasteiger partial charge in [-0.05, 0) is 31.9 Å². The first-order chi connectivity index (χ1) is 9.24. The summed E-state index contributed by atoms with van der Waals surface area (Å²) in [5.74, 6) is 1.01. The van der Waals surface area contributed by atoms with Gasteiger partial charge in [-0.1, -0.05) is 18.2 Å². The largest absolute Gasteiger partial charge is 0.340 e. The third-order valence-electron chi connectivity index (χ3n) is 3.58. The Kier molecular flexibility index (Phi) is 3.25. The van der Waals surface area contributed by atoms with Crippen LogP contribution in [0, 0.1) is 6.92 Å². The molecule has 1 aromatic heterocycles. The second-order valence-corrected chi connectivity index (χ2v) is 5.24. The summed E-state index contributed by atoms with van der Waals surface area (Å²) >= 11 is 0. The smallest absolute Gasteiger partial charge is 0.210 e. The molecule has 1 aromatic carbocycles. The van der Waals surface area contributed by atoms with E-state index in [1.54, 1.807) is 0 Å². The number of rotatable bonds is 2. The molecule has 0 aliphatic carbocycles. The highest BCUT2D eigenvalue weighted by molar-refractivity contribution is 5.45. The number of nitrogens with two attached hydrogens (primary N) is 1. The van der Waals surface area contributed by atoms with Crippen LogP contribution >= 0.6 is 0 Å². The molecule has 0 spiro atoms. The summed E-state index contributed by atoms with van der Waals surface area (Å²) in [5, 5.41) is 0. The molecular formula is C15H20N4. The lowest BCUT2D eigenvalue weighted by molar-refractivity contribution is 0.498. The predicted octanol–water partition coefficient (Wildman–Crippen LogP) is 2.11. The van der Waals surface area contributed by atoms with Crippen molar-refractivity contribution in [1.29, 1.82) is 0 Å². The van der Waals surface area contributed by atoms with Gasteiger partial charge in [-0.15, -0.1) is 0 Å². The molecule has 4 heteroatoms. The Balaban J connectivity index is 1.97. The summed E-state index contributed by atoms with van der Waals surface area (Å²) in [6.07, 6.45) is 4.34. The van der Waals surface area contributed by atoms with Crippen LogP contribution in [-0.2, 0) is 0 Å². The molecule has 4 nitrogen and oxygen atoms in total. The van der Waals surface area contributed by atoms with Gasteiger partial charge in [0.15, 0.2) is 0 Å². The number of imidazole rings is 1. The minimum atomic E-state index is 0.259. The van der Waals surface area contributed by atoms with Crippen LogP contribution in [0.2, 0.25) is 0 Å². The highest BCUT2D eigenvalue weighted by atomic mass is 15.3. The first kappa shape index (κ1) is 12.2. The summed E-state index contributed by atoms with van der Waals surface area (Å²) in [5.41, 5.74) is 8.27. The van der Waals surface area contributed by atoms with Gasteiger partial charge in [0, 0.05) is 31.0 Å². The number of piperidine rings is 1. The Hall–Kier alpha value is -1.81. The summed E-state index contributed by atoms with van der Waals surface area (Å²) in [7, 11) is 0. The van der Waals surface area contributed by atoms with Crippen LogP contribution in [0.3, 0.4) is 0 Å². The highest BCUT2D eigenvalue weighted by Crippen LogP contribution is 2.22. The Morgan fingerprint density at radius 1 is 1.26 bits per heavy atom. The predicted molar refractivity (Wildman–Crippen MR) is 77.7 cm³/mol. The Morgan fingerprint density at radius 3 is 2.79 bits per heavy atom. The zero-order chi connectivity index (χ0) is 13.2. The second kappa shape index (κ2) is 5.05. The molecule has 100 valence electrons. The van der Waals surface area contributed by atoms with Crippen molar-refractivity contribution in [2.24, 2.45) is 5.73 Å². The standard InChI is InChI=1S/C15H20N4/c1-12-10-19(14-7-3-2-4-8-14)15(17-12)18-9-5-6-13(16)11-18/h2-4,7-8,10,13H,5-6,9,11,16H2,1H3. The Bertz CT molecular complexity index is 547. The van der Waals surface area contributed by atoms with Gasteiger partial charge in [-0.2, -0.15) is 0 Å². The van der Waals surface area contributed by atoms with Crippen molar-refractivity contribution < 1.29 is 0 Å². The SMILES string of the molecule is Cc1cn(-c2ccccc2)c(N2CCCC(N)C2)n1. The molecule has 0 radical (unpaired) electrons. The van der Waals surface area contributed by atoms with E-state index in [4.69, 9.17) is 5.73 Å². The van der Waals surface area contributed by atoms with E-state index < -0.39 is 0 Å². The van der Waals surface area contributed by atoms with Gasteiger partial charge in [0.05, 0.1) is 5.69 Å². The molecule has 0 saturated carbocycles. The first-order valence-corrected chi connectivity index (χ1v) is 6.86. The minimum absolute atomic E-state index is 0.259. The summed E-state index contributed by atoms with van der Waals surface area (Å²) in [6.45, 7) is 3.97. The van der Waals surface area contributed by atoms with Crippen LogP contribution in [0.15, 0.2) is 36.5 Å². The third-order valence-corrected chi connectivity index (χ3v) is 3.58. The van der Waals surface area contributed by atoms with Gasteiger partial charge in [0.25, 0.3) is 0 Å². The molecule has 1 aliphatic heterocycles. The number of aromatic nitrogens is 2. The number of benzene rings is 1. The van der Waals surface area contributed by atoms with E-state index in [-0.39, 0.29) is 6.04 Å². The fourth-order valence-electron chi connectivity index (χ4n) is 2.68. The zero-order valence-corrected chi connectivity index (χ0v) is 11.3. The van der Waals surface area contributed by atoms with Gasteiger partial charge < -0.3 is 10.6 Å². The molecule has 1 fully saturated rings. The van der Waals surface area contributed by atoms with Gasteiger partial charge >= 0.3 is 0 Å². The lowest BCUT2D eigenvalue weighted by atomic mass is 10.1. The van der Waals surface area contributed by atoms with E-state index >= 15 is 0 Å². The molecule has 1 atom stereocenters. The van der Waals surface area contributed by atoms with E-state index in [0.717, 1.165) is 43.3 Å². The zero-order valence-electron chi connectivity index (χ0n) is 11.3. The van der Waals surface area contributed by atoms with Crippen molar-refractivity contribution in [1.82, 2.24) is 9.55 Å². The monoisotopic (exact) mass is 256 g/mol. The maximum Gasteiger partial charge on any atom is 0.210 e. The number of nitrogens with zero attached hydrogens (tertiary/aromatic N) is 3. The van der Waals surface area contributed by atoms with Crippen molar-refractivity contribution in [3.8, 4) is 5.69 Å². The topological polar surface area (TPSA) is 47.1 Å². The molecule has 0 bridgehead atoms. The van der Waals surface area contributed by atoms with E-state index in [1.165, 1.54) is 0 Å². The van der Waals surface area contributed by atoms with Crippen molar-refractivity contribution in [3.63, 3.8) is 0 Å². The normalized spacial score (nSPS) is 19.7. The summed E-state index contributed by atoms with van der Waals surface area (Å²) in [4.78, 5) is 6.98. The fourth-order valence-corrected chi connectivity index (χ4v) is 2.68. The maximum atomic E-state index is 6.08. The van der Waals surface area contributed by atoms with Gasteiger partial charge in [-0.3, -0.25) is 4.57 Å². The number of para-hydroxylation sites is 1. The van der Waals surface area contributed by atoms with Gasteiger partial charge in [0.1, 0.15) is 0 Å². The van der Waals surface area contributed by atoms with Crippen molar-refractivity contribution in [2.45, 2.75) is 25.8 Å².